The molecule has 2 heterocycles. The summed E-state index contributed by atoms with van der Waals surface area (Å²) in [7, 11) is 0. The van der Waals surface area contributed by atoms with E-state index in [0.29, 0.717) is 0 Å². The molecule has 0 aliphatic heterocycles. The highest BCUT2D eigenvalue weighted by molar-refractivity contribution is 7.09. The first kappa shape index (κ1) is 13.1. The summed E-state index contributed by atoms with van der Waals surface area (Å²) in [6, 6.07) is 0.453. The Morgan fingerprint density at radius 1 is 1.22 bits per heavy atom. The van der Waals surface area contributed by atoms with E-state index in [1.807, 2.05) is 18.5 Å². The SMILES string of the molecule is CCC(NC(C)c1nccnc1C)c1nccs1. The van der Waals surface area contributed by atoms with Crippen LogP contribution in [0.2, 0.25) is 0 Å². The van der Waals surface area contributed by atoms with Crippen molar-refractivity contribution in [1.29, 1.82) is 0 Å². The van der Waals surface area contributed by atoms with Gasteiger partial charge in [-0.15, -0.1) is 11.3 Å². The number of thiazole rings is 1. The van der Waals surface area contributed by atoms with Crippen molar-refractivity contribution in [2.24, 2.45) is 0 Å². The number of aromatic nitrogens is 3. The highest BCUT2D eigenvalue weighted by atomic mass is 32.1. The van der Waals surface area contributed by atoms with E-state index in [0.717, 1.165) is 22.8 Å². The van der Waals surface area contributed by atoms with Gasteiger partial charge in [-0.25, -0.2) is 4.98 Å². The van der Waals surface area contributed by atoms with Crippen LogP contribution in [-0.4, -0.2) is 15.0 Å². The molecule has 18 heavy (non-hydrogen) atoms. The first-order valence-electron chi connectivity index (χ1n) is 6.15. The van der Waals surface area contributed by atoms with Crippen molar-refractivity contribution in [2.45, 2.75) is 39.3 Å². The molecule has 0 saturated heterocycles. The van der Waals surface area contributed by atoms with Crippen LogP contribution in [0.5, 0.6) is 0 Å². The zero-order valence-corrected chi connectivity index (χ0v) is 11.7. The number of nitrogens with zero attached hydrogens (tertiary/aromatic N) is 3. The number of rotatable bonds is 5. The summed E-state index contributed by atoms with van der Waals surface area (Å²) in [6.45, 7) is 6.27. The van der Waals surface area contributed by atoms with Gasteiger partial charge in [0.1, 0.15) is 5.01 Å². The first-order chi connectivity index (χ1) is 8.72. The second-order valence-corrected chi connectivity index (χ2v) is 5.17. The van der Waals surface area contributed by atoms with Crippen molar-refractivity contribution in [3.8, 4) is 0 Å². The van der Waals surface area contributed by atoms with Crippen LogP contribution in [0.3, 0.4) is 0 Å². The molecule has 2 aromatic rings. The number of hydrogen-bond donors (Lipinski definition) is 1. The standard InChI is InChI=1S/C13H18N4S/c1-4-11(13-16-7-8-18-13)17-10(3)12-9(2)14-5-6-15-12/h5-8,10-11,17H,4H2,1-3H3. The van der Waals surface area contributed by atoms with Crippen LogP contribution in [0.15, 0.2) is 24.0 Å². The Balaban J connectivity index is 2.11. The number of nitrogens with one attached hydrogen (secondary N) is 1. The largest absolute Gasteiger partial charge is 0.300 e. The van der Waals surface area contributed by atoms with Crippen LogP contribution >= 0.6 is 11.3 Å². The Kier molecular flexibility index (Phi) is 4.38. The van der Waals surface area contributed by atoms with Crippen molar-refractivity contribution >= 4 is 11.3 Å². The minimum absolute atomic E-state index is 0.174. The average molecular weight is 262 g/mol. The van der Waals surface area contributed by atoms with Crippen molar-refractivity contribution in [3.05, 3.63) is 40.4 Å². The molecule has 5 heteroatoms. The van der Waals surface area contributed by atoms with Crippen LogP contribution < -0.4 is 5.32 Å². The van der Waals surface area contributed by atoms with E-state index in [4.69, 9.17) is 0 Å². The number of aryl methyl sites for hydroxylation is 1. The molecular weight excluding hydrogens is 244 g/mol. The molecule has 0 radical (unpaired) electrons. The van der Waals surface area contributed by atoms with Gasteiger partial charge in [-0.2, -0.15) is 0 Å². The van der Waals surface area contributed by atoms with Gasteiger partial charge in [0, 0.05) is 30.0 Å². The van der Waals surface area contributed by atoms with E-state index in [1.165, 1.54) is 0 Å². The van der Waals surface area contributed by atoms with E-state index >= 15 is 0 Å². The molecule has 2 unspecified atom stereocenters. The predicted octanol–water partition coefficient (Wildman–Crippen LogP) is 3.04. The van der Waals surface area contributed by atoms with E-state index in [2.05, 4.69) is 34.1 Å². The fraction of sp³-hybridized carbons (Fsp3) is 0.462. The third kappa shape index (κ3) is 2.91. The maximum absolute atomic E-state index is 4.40. The molecule has 4 nitrogen and oxygen atoms in total. The van der Waals surface area contributed by atoms with Gasteiger partial charge >= 0.3 is 0 Å². The van der Waals surface area contributed by atoms with Gasteiger partial charge in [-0.1, -0.05) is 6.92 Å². The smallest absolute Gasteiger partial charge is 0.109 e. The lowest BCUT2D eigenvalue weighted by Crippen LogP contribution is -2.25. The molecule has 0 amide bonds. The number of hydrogen-bond acceptors (Lipinski definition) is 5. The van der Waals surface area contributed by atoms with Crippen molar-refractivity contribution in [1.82, 2.24) is 20.3 Å². The van der Waals surface area contributed by atoms with Crippen LogP contribution in [-0.2, 0) is 0 Å². The molecule has 0 aliphatic carbocycles. The van der Waals surface area contributed by atoms with E-state index in [9.17, 15) is 0 Å². The summed E-state index contributed by atoms with van der Waals surface area (Å²) >= 11 is 1.69. The third-order valence-electron chi connectivity index (χ3n) is 2.94. The third-order valence-corrected chi connectivity index (χ3v) is 3.83. The molecule has 0 spiro atoms. The van der Waals surface area contributed by atoms with Gasteiger partial charge in [-0.3, -0.25) is 15.3 Å². The average Bonchev–Trinajstić information content (AvgIpc) is 2.90. The summed E-state index contributed by atoms with van der Waals surface area (Å²) in [5, 5.41) is 6.71. The minimum Gasteiger partial charge on any atom is -0.300 e. The lowest BCUT2D eigenvalue weighted by molar-refractivity contribution is 0.446. The van der Waals surface area contributed by atoms with E-state index in [1.54, 1.807) is 23.7 Å². The van der Waals surface area contributed by atoms with Gasteiger partial charge in [0.25, 0.3) is 0 Å². The van der Waals surface area contributed by atoms with Crippen molar-refractivity contribution in [2.75, 3.05) is 0 Å². The fourth-order valence-electron chi connectivity index (χ4n) is 1.99. The topological polar surface area (TPSA) is 50.7 Å². The molecule has 0 fully saturated rings. The Bertz CT molecular complexity index is 483. The normalized spacial score (nSPS) is 14.4. The summed E-state index contributed by atoms with van der Waals surface area (Å²) in [6.07, 6.45) is 6.33. The summed E-state index contributed by atoms with van der Waals surface area (Å²) in [5.74, 6) is 0. The first-order valence-corrected chi connectivity index (χ1v) is 7.03. The van der Waals surface area contributed by atoms with Gasteiger partial charge in [-0.05, 0) is 20.3 Å². The molecule has 2 atom stereocenters. The van der Waals surface area contributed by atoms with Gasteiger partial charge in [0.2, 0.25) is 0 Å². The maximum Gasteiger partial charge on any atom is 0.109 e. The lowest BCUT2D eigenvalue weighted by Gasteiger charge is -2.21. The molecule has 96 valence electrons. The van der Waals surface area contributed by atoms with Gasteiger partial charge < -0.3 is 0 Å². The Hall–Kier alpha value is -1.33. The molecular formula is C13H18N4S. The van der Waals surface area contributed by atoms with Crippen molar-refractivity contribution in [3.63, 3.8) is 0 Å². The molecule has 0 aromatic carbocycles. The van der Waals surface area contributed by atoms with Crippen LogP contribution in [0.25, 0.3) is 0 Å². The summed E-state index contributed by atoms with van der Waals surface area (Å²) in [4.78, 5) is 13.1. The zero-order valence-electron chi connectivity index (χ0n) is 10.9. The molecule has 0 bridgehead atoms. The summed E-state index contributed by atoms with van der Waals surface area (Å²) < 4.78 is 0. The second kappa shape index (κ2) is 6.02. The molecule has 2 aromatic heterocycles. The Labute approximate surface area is 112 Å². The molecule has 1 N–H and O–H groups in total. The summed E-state index contributed by atoms with van der Waals surface area (Å²) in [5.41, 5.74) is 1.99. The van der Waals surface area contributed by atoms with Crippen molar-refractivity contribution < 1.29 is 0 Å². The van der Waals surface area contributed by atoms with Gasteiger partial charge in [0.05, 0.1) is 17.4 Å². The molecule has 0 saturated carbocycles. The fourth-order valence-corrected chi connectivity index (χ4v) is 2.78. The monoisotopic (exact) mass is 262 g/mol. The van der Waals surface area contributed by atoms with Crippen LogP contribution in [0, 0.1) is 6.92 Å². The highest BCUT2D eigenvalue weighted by Gasteiger charge is 2.17. The molecule has 0 aliphatic rings. The maximum atomic E-state index is 4.40. The predicted molar refractivity (Wildman–Crippen MR) is 73.5 cm³/mol. The second-order valence-electron chi connectivity index (χ2n) is 4.25. The molecule has 2 rings (SSSR count). The van der Waals surface area contributed by atoms with Crippen LogP contribution in [0.4, 0.5) is 0 Å². The Morgan fingerprint density at radius 3 is 2.61 bits per heavy atom. The minimum atomic E-state index is 0.174. The highest BCUT2D eigenvalue weighted by Crippen LogP contribution is 2.23. The zero-order chi connectivity index (χ0) is 13.0. The quantitative estimate of drug-likeness (QED) is 0.899. The van der Waals surface area contributed by atoms with E-state index < -0.39 is 0 Å². The lowest BCUT2D eigenvalue weighted by atomic mass is 10.1. The Morgan fingerprint density at radius 2 is 2.00 bits per heavy atom. The van der Waals surface area contributed by atoms with Crippen LogP contribution in [0.1, 0.15) is 48.7 Å². The van der Waals surface area contributed by atoms with E-state index in [-0.39, 0.29) is 12.1 Å². The van der Waals surface area contributed by atoms with Gasteiger partial charge in [0.15, 0.2) is 0 Å².